The lowest BCUT2D eigenvalue weighted by molar-refractivity contribution is 0.295. The molecule has 0 radical (unpaired) electrons. The van der Waals surface area contributed by atoms with Gasteiger partial charge in [-0.2, -0.15) is 5.26 Å². The standard InChI is InChI=1S/C13H11N3O3/c14-9-10-1-3-11(4-2-10)19-8-7-16-6-5-12(17)15-13(16)18/h1-6H,7-8H2,(H,15,17,18). The Balaban J connectivity index is 1.94. The molecule has 1 N–H and O–H groups in total. The molecule has 0 saturated heterocycles. The van der Waals surface area contributed by atoms with E-state index in [0.717, 1.165) is 0 Å². The molecule has 6 nitrogen and oxygen atoms in total. The Morgan fingerprint density at radius 3 is 2.58 bits per heavy atom. The summed E-state index contributed by atoms with van der Waals surface area (Å²) in [6.45, 7) is 0.619. The Labute approximate surface area is 108 Å². The third-order valence-electron chi connectivity index (χ3n) is 2.48. The highest BCUT2D eigenvalue weighted by Gasteiger charge is 1.98. The van der Waals surface area contributed by atoms with E-state index in [1.165, 1.54) is 16.8 Å². The van der Waals surface area contributed by atoms with Gasteiger partial charge in [0.05, 0.1) is 18.2 Å². The molecule has 0 bridgehead atoms. The number of hydrogen-bond acceptors (Lipinski definition) is 4. The molecule has 0 spiro atoms. The number of nitrogens with zero attached hydrogens (tertiary/aromatic N) is 2. The minimum atomic E-state index is -0.462. The van der Waals surface area contributed by atoms with E-state index < -0.39 is 11.2 Å². The molecule has 19 heavy (non-hydrogen) atoms. The van der Waals surface area contributed by atoms with Crippen molar-refractivity contribution >= 4 is 0 Å². The van der Waals surface area contributed by atoms with Crippen LogP contribution < -0.4 is 16.0 Å². The van der Waals surface area contributed by atoms with Crippen LogP contribution in [0.2, 0.25) is 0 Å². The summed E-state index contributed by atoms with van der Waals surface area (Å²) in [6, 6.07) is 9.98. The van der Waals surface area contributed by atoms with Crippen molar-refractivity contribution in [1.29, 1.82) is 5.26 Å². The van der Waals surface area contributed by atoms with Gasteiger partial charge in [0.1, 0.15) is 12.4 Å². The zero-order valence-electron chi connectivity index (χ0n) is 10.00. The summed E-state index contributed by atoms with van der Waals surface area (Å²) in [4.78, 5) is 24.4. The number of aromatic nitrogens is 2. The smallest absolute Gasteiger partial charge is 0.328 e. The fraction of sp³-hybridized carbons (Fsp3) is 0.154. The Morgan fingerprint density at radius 1 is 1.21 bits per heavy atom. The molecule has 0 atom stereocenters. The van der Waals surface area contributed by atoms with Gasteiger partial charge in [0.25, 0.3) is 5.56 Å². The molecule has 6 heteroatoms. The number of nitrogens with one attached hydrogen (secondary N) is 1. The van der Waals surface area contributed by atoms with Gasteiger partial charge >= 0.3 is 5.69 Å². The third-order valence-corrected chi connectivity index (χ3v) is 2.48. The van der Waals surface area contributed by atoms with E-state index in [1.54, 1.807) is 24.3 Å². The summed E-state index contributed by atoms with van der Waals surface area (Å²) in [5.74, 6) is 0.622. The van der Waals surface area contributed by atoms with Gasteiger partial charge in [-0.3, -0.25) is 14.3 Å². The van der Waals surface area contributed by atoms with Crippen LogP contribution >= 0.6 is 0 Å². The first-order chi connectivity index (χ1) is 9.19. The maximum atomic E-state index is 11.4. The Hall–Kier alpha value is -2.81. The zero-order chi connectivity index (χ0) is 13.7. The molecule has 0 saturated carbocycles. The molecular formula is C13H11N3O3. The van der Waals surface area contributed by atoms with Crippen molar-refractivity contribution in [2.24, 2.45) is 0 Å². The van der Waals surface area contributed by atoms with Crippen molar-refractivity contribution in [3.63, 3.8) is 0 Å². The van der Waals surface area contributed by atoms with Crippen LogP contribution in [0.25, 0.3) is 0 Å². The van der Waals surface area contributed by atoms with Gasteiger partial charge in [0.2, 0.25) is 0 Å². The Kier molecular flexibility index (Phi) is 3.78. The SMILES string of the molecule is N#Cc1ccc(OCCn2ccc(=O)[nH]c2=O)cc1. The van der Waals surface area contributed by atoms with Crippen LogP contribution in [0.5, 0.6) is 5.75 Å². The highest BCUT2D eigenvalue weighted by molar-refractivity contribution is 5.34. The predicted molar refractivity (Wildman–Crippen MR) is 68.0 cm³/mol. The highest BCUT2D eigenvalue weighted by atomic mass is 16.5. The van der Waals surface area contributed by atoms with E-state index in [2.05, 4.69) is 4.98 Å². The number of nitriles is 1. The number of benzene rings is 1. The van der Waals surface area contributed by atoms with Crippen molar-refractivity contribution < 1.29 is 4.74 Å². The van der Waals surface area contributed by atoms with Crippen molar-refractivity contribution in [2.45, 2.75) is 6.54 Å². The molecule has 0 fully saturated rings. The normalized spacial score (nSPS) is 9.84. The molecule has 1 heterocycles. The van der Waals surface area contributed by atoms with Gasteiger partial charge in [0, 0.05) is 12.3 Å². The van der Waals surface area contributed by atoms with Crippen LogP contribution in [0.15, 0.2) is 46.1 Å². The summed E-state index contributed by atoms with van der Waals surface area (Å²) in [6.07, 6.45) is 1.42. The molecular weight excluding hydrogens is 246 g/mol. The molecule has 0 aliphatic heterocycles. The summed E-state index contributed by atoms with van der Waals surface area (Å²) in [7, 11) is 0. The van der Waals surface area contributed by atoms with E-state index in [9.17, 15) is 9.59 Å². The van der Waals surface area contributed by atoms with Crippen molar-refractivity contribution in [2.75, 3.05) is 6.61 Å². The van der Waals surface area contributed by atoms with Crippen molar-refractivity contribution in [3.8, 4) is 11.8 Å². The molecule has 0 unspecified atom stereocenters. The second-order valence-electron chi connectivity index (χ2n) is 3.79. The van der Waals surface area contributed by atoms with Crippen molar-refractivity contribution in [3.05, 3.63) is 62.9 Å². The first-order valence-corrected chi connectivity index (χ1v) is 5.62. The minimum absolute atomic E-state index is 0.290. The molecule has 1 aromatic heterocycles. The molecule has 2 aromatic rings. The van der Waals surface area contributed by atoms with Crippen LogP contribution in [0.4, 0.5) is 0 Å². The summed E-state index contributed by atoms with van der Waals surface area (Å²) in [5, 5.41) is 8.65. The monoisotopic (exact) mass is 257 g/mol. The number of aromatic amines is 1. The van der Waals surface area contributed by atoms with E-state index in [1.807, 2.05) is 6.07 Å². The van der Waals surface area contributed by atoms with E-state index in [-0.39, 0.29) is 6.61 Å². The molecule has 0 aliphatic rings. The summed E-state index contributed by atoms with van der Waals surface area (Å²) >= 11 is 0. The lowest BCUT2D eigenvalue weighted by atomic mass is 10.2. The quantitative estimate of drug-likeness (QED) is 0.863. The average Bonchev–Trinajstić information content (AvgIpc) is 2.42. The maximum absolute atomic E-state index is 11.4. The van der Waals surface area contributed by atoms with E-state index in [4.69, 9.17) is 10.00 Å². The first kappa shape index (κ1) is 12.6. The second-order valence-corrected chi connectivity index (χ2v) is 3.79. The van der Waals surface area contributed by atoms with Crippen LogP contribution in [-0.4, -0.2) is 16.2 Å². The topological polar surface area (TPSA) is 87.9 Å². The lowest BCUT2D eigenvalue weighted by Gasteiger charge is -2.07. The predicted octanol–water partition coefficient (Wildman–Crippen LogP) is 0.487. The summed E-state index contributed by atoms with van der Waals surface area (Å²) in [5.41, 5.74) is -0.325. The van der Waals surface area contributed by atoms with E-state index in [0.29, 0.717) is 17.9 Å². The van der Waals surface area contributed by atoms with Crippen LogP contribution in [0.3, 0.4) is 0 Å². The van der Waals surface area contributed by atoms with Gasteiger partial charge in [-0.25, -0.2) is 4.79 Å². The summed E-state index contributed by atoms with van der Waals surface area (Å²) < 4.78 is 6.79. The Morgan fingerprint density at radius 2 is 1.95 bits per heavy atom. The fourth-order valence-corrected chi connectivity index (χ4v) is 1.51. The lowest BCUT2D eigenvalue weighted by Crippen LogP contribution is -2.30. The van der Waals surface area contributed by atoms with Gasteiger partial charge in [-0.15, -0.1) is 0 Å². The molecule has 2 rings (SSSR count). The van der Waals surface area contributed by atoms with E-state index >= 15 is 0 Å². The number of ether oxygens (including phenoxy) is 1. The maximum Gasteiger partial charge on any atom is 0.328 e. The third kappa shape index (κ3) is 3.33. The van der Waals surface area contributed by atoms with Crippen LogP contribution in [0.1, 0.15) is 5.56 Å². The van der Waals surface area contributed by atoms with Gasteiger partial charge < -0.3 is 4.74 Å². The molecule has 0 amide bonds. The second kappa shape index (κ2) is 5.69. The van der Waals surface area contributed by atoms with Crippen LogP contribution in [0, 0.1) is 11.3 Å². The van der Waals surface area contributed by atoms with Gasteiger partial charge in [-0.1, -0.05) is 0 Å². The highest BCUT2D eigenvalue weighted by Crippen LogP contribution is 2.11. The number of rotatable bonds is 4. The largest absolute Gasteiger partial charge is 0.492 e. The molecule has 1 aromatic carbocycles. The molecule has 96 valence electrons. The van der Waals surface area contributed by atoms with Gasteiger partial charge in [-0.05, 0) is 24.3 Å². The minimum Gasteiger partial charge on any atom is -0.492 e. The van der Waals surface area contributed by atoms with Gasteiger partial charge in [0.15, 0.2) is 0 Å². The molecule has 0 aliphatic carbocycles. The zero-order valence-corrected chi connectivity index (χ0v) is 10.00. The van der Waals surface area contributed by atoms with Crippen molar-refractivity contribution in [1.82, 2.24) is 9.55 Å². The number of hydrogen-bond donors (Lipinski definition) is 1. The first-order valence-electron chi connectivity index (χ1n) is 5.62. The Bertz CT molecular complexity index is 707. The van der Waals surface area contributed by atoms with Crippen LogP contribution in [-0.2, 0) is 6.54 Å². The average molecular weight is 257 g/mol. The fourth-order valence-electron chi connectivity index (χ4n) is 1.51. The number of H-pyrrole nitrogens is 1.